The monoisotopic (exact) mass is 290 g/mol. The molecule has 1 N–H and O–H groups in total. The number of alkyl halides is 2. The average molecular weight is 291 g/mol. The Bertz CT molecular complexity index is 567. The van der Waals surface area contributed by atoms with Crippen molar-refractivity contribution in [2.45, 2.75) is 37.5 Å². The van der Waals surface area contributed by atoms with Crippen LogP contribution in [0.4, 0.5) is 4.39 Å². The van der Waals surface area contributed by atoms with E-state index in [2.05, 4.69) is 4.98 Å². The highest BCUT2D eigenvalue weighted by Gasteiger charge is 2.52. The first-order valence-electron chi connectivity index (χ1n) is 6.14. The molecule has 0 aliphatic carbocycles. The van der Waals surface area contributed by atoms with Gasteiger partial charge in [0.1, 0.15) is 12.3 Å². The molecule has 0 unspecified atom stereocenters. The number of rotatable bonds is 3. The maximum atomic E-state index is 13.3. The van der Waals surface area contributed by atoms with E-state index in [1.807, 2.05) is 6.92 Å². The number of halogens is 2. The van der Waals surface area contributed by atoms with E-state index in [1.165, 1.54) is 16.8 Å². The predicted molar refractivity (Wildman–Crippen MR) is 69.2 cm³/mol. The third-order valence-corrected chi connectivity index (χ3v) is 4.48. The molecule has 1 saturated heterocycles. The van der Waals surface area contributed by atoms with Crippen LogP contribution >= 0.6 is 11.6 Å². The molecule has 1 aliphatic heterocycles. The summed E-state index contributed by atoms with van der Waals surface area (Å²) in [4.78, 5) is 24.9. The van der Waals surface area contributed by atoms with Crippen LogP contribution in [0.15, 0.2) is 21.9 Å². The molecule has 2 heterocycles. The number of nitrogens with one attached hydrogen (secondary N) is 1. The zero-order valence-corrected chi connectivity index (χ0v) is 11.5. The molecule has 0 amide bonds. The Labute approximate surface area is 114 Å². The molecule has 5 nitrogen and oxygen atoms in total. The molecule has 0 saturated carbocycles. The minimum atomic E-state index is -0.980. The van der Waals surface area contributed by atoms with Gasteiger partial charge < -0.3 is 4.74 Å². The van der Waals surface area contributed by atoms with Gasteiger partial charge in [-0.3, -0.25) is 14.3 Å². The topological polar surface area (TPSA) is 64.1 Å². The Kier molecular flexibility index (Phi) is 3.82. The lowest BCUT2D eigenvalue weighted by molar-refractivity contribution is -0.0979. The molecule has 1 fully saturated rings. The first-order valence-corrected chi connectivity index (χ1v) is 6.58. The Morgan fingerprint density at radius 2 is 2.26 bits per heavy atom. The molecule has 0 aromatic carbocycles. The van der Waals surface area contributed by atoms with Gasteiger partial charge in [-0.05, 0) is 6.42 Å². The summed E-state index contributed by atoms with van der Waals surface area (Å²) in [6, 6.07) is 1.21. The van der Waals surface area contributed by atoms with Gasteiger partial charge in [0, 0.05) is 18.2 Å². The van der Waals surface area contributed by atoms with E-state index in [1.54, 1.807) is 6.92 Å². The Morgan fingerprint density at radius 3 is 2.74 bits per heavy atom. The summed E-state index contributed by atoms with van der Waals surface area (Å²) in [6.07, 6.45) is 0.997. The molecule has 0 radical (unpaired) electrons. The van der Waals surface area contributed by atoms with Crippen LogP contribution in [0.1, 0.15) is 26.5 Å². The number of hydrogen-bond donors (Lipinski definition) is 1. The van der Waals surface area contributed by atoms with E-state index < -0.39 is 35.1 Å². The fourth-order valence-corrected chi connectivity index (χ4v) is 2.84. The molecule has 19 heavy (non-hydrogen) atoms. The van der Waals surface area contributed by atoms with E-state index in [-0.39, 0.29) is 5.92 Å². The lowest BCUT2D eigenvalue weighted by Crippen LogP contribution is -2.37. The second-order valence-electron chi connectivity index (χ2n) is 4.81. The van der Waals surface area contributed by atoms with Crippen LogP contribution in [0, 0.1) is 5.92 Å². The number of hydrogen-bond acceptors (Lipinski definition) is 3. The number of ether oxygens (including phenoxy) is 1. The van der Waals surface area contributed by atoms with Crippen LogP contribution in [0.2, 0.25) is 0 Å². The van der Waals surface area contributed by atoms with Crippen molar-refractivity contribution in [3.63, 3.8) is 0 Å². The quantitative estimate of drug-likeness (QED) is 0.857. The van der Waals surface area contributed by atoms with Gasteiger partial charge >= 0.3 is 5.69 Å². The number of aromatic amines is 1. The highest BCUT2D eigenvalue weighted by Crippen LogP contribution is 2.45. The molecule has 0 bridgehead atoms. The number of nitrogens with zero attached hydrogens (tertiary/aromatic N) is 1. The van der Waals surface area contributed by atoms with Crippen molar-refractivity contribution in [3.05, 3.63) is 33.1 Å². The second-order valence-corrected chi connectivity index (χ2v) is 5.31. The summed E-state index contributed by atoms with van der Waals surface area (Å²) >= 11 is 6.27. The highest BCUT2D eigenvalue weighted by atomic mass is 35.5. The van der Waals surface area contributed by atoms with Crippen LogP contribution in [0.25, 0.3) is 0 Å². The molecule has 1 aromatic heterocycles. The highest BCUT2D eigenvalue weighted by molar-refractivity contribution is 6.21. The molecule has 1 aromatic rings. The van der Waals surface area contributed by atoms with Gasteiger partial charge in [0.15, 0.2) is 6.23 Å². The van der Waals surface area contributed by atoms with Gasteiger partial charge in [-0.1, -0.05) is 13.8 Å². The summed E-state index contributed by atoms with van der Waals surface area (Å²) in [5.74, 6) is -0.243. The van der Waals surface area contributed by atoms with Gasteiger partial charge in [0.05, 0.1) is 5.38 Å². The fourth-order valence-electron chi connectivity index (χ4n) is 2.44. The first-order chi connectivity index (χ1) is 8.95. The van der Waals surface area contributed by atoms with Crippen LogP contribution in [0.3, 0.4) is 0 Å². The smallest absolute Gasteiger partial charge is 0.330 e. The molecule has 4 atom stereocenters. The van der Waals surface area contributed by atoms with E-state index >= 15 is 0 Å². The van der Waals surface area contributed by atoms with E-state index in [9.17, 15) is 14.0 Å². The molecule has 1 aliphatic rings. The normalized spacial score (nSPS) is 34.6. The lowest BCUT2D eigenvalue weighted by atomic mass is 9.87. The largest absolute Gasteiger partial charge is 0.347 e. The van der Waals surface area contributed by atoms with Gasteiger partial charge in [-0.15, -0.1) is 11.6 Å². The van der Waals surface area contributed by atoms with E-state index in [0.717, 1.165) is 0 Å². The molecule has 2 rings (SSSR count). The molecule has 7 heteroatoms. The number of H-pyrrole nitrogens is 1. The first kappa shape index (κ1) is 14.3. The van der Waals surface area contributed by atoms with Crippen LogP contribution < -0.4 is 11.2 Å². The second kappa shape index (κ2) is 5.09. The van der Waals surface area contributed by atoms with Crippen LogP contribution in [0.5, 0.6) is 0 Å². The molecular formula is C12H16ClFN2O3. The zero-order chi connectivity index (χ0) is 14.2. The van der Waals surface area contributed by atoms with Crippen molar-refractivity contribution in [3.8, 4) is 0 Å². The van der Waals surface area contributed by atoms with Crippen molar-refractivity contribution in [1.82, 2.24) is 9.55 Å². The van der Waals surface area contributed by atoms with E-state index in [4.69, 9.17) is 16.3 Å². The van der Waals surface area contributed by atoms with E-state index in [0.29, 0.717) is 6.42 Å². The predicted octanol–water partition coefficient (Wildman–Crippen LogP) is 1.43. The maximum Gasteiger partial charge on any atom is 0.330 e. The minimum absolute atomic E-state index is 0.243. The van der Waals surface area contributed by atoms with Gasteiger partial charge in [-0.2, -0.15) is 0 Å². The van der Waals surface area contributed by atoms with Crippen molar-refractivity contribution >= 4 is 11.6 Å². The van der Waals surface area contributed by atoms with Gasteiger partial charge in [-0.25, -0.2) is 9.18 Å². The summed E-state index contributed by atoms with van der Waals surface area (Å²) in [5.41, 5.74) is -2.08. The van der Waals surface area contributed by atoms with Crippen LogP contribution in [-0.4, -0.2) is 27.2 Å². The lowest BCUT2D eigenvalue weighted by Gasteiger charge is -2.28. The minimum Gasteiger partial charge on any atom is -0.347 e. The molecular weight excluding hydrogens is 275 g/mol. The van der Waals surface area contributed by atoms with Crippen molar-refractivity contribution in [1.29, 1.82) is 0 Å². The molecule has 106 valence electrons. The maximum absolute atomic E-state index is 13.3. The summed E-state index contributed by atoms with van der Waals surface area (Å²) in [7, 11) is 0. The van der Waals surface area contributed by atoms with Crippen LogP contribution in [-0.2, 0) is 4.74 Å². The summed E-state index contributed by atoms with van der Waals surface area (Å²) in [5, 5.41) is -0.542. The zero-order valence-electron chi connectivity index (χ0n) is 10.7. The van der Waals surface area contributed by atoms with Crippen molar-refractivity contribution in [2.75, 3.05) is 6.67 Å². The van der Waals surface area contributed by atoms with Gasteiger partial charge in [0.25, 0.3) is 5.56 Å². The third-order valence-electron chi connectivity index (χ3n) is 3.89. The summed E-state index contributed by atoms with van der Waals surface area (Å²) < 4.78 is 20.2. The molecule has 0 spiro atoms. The average Bonchev–Trinajstić information content (AvgIpc) is 2.64. The standard InChI is InChI=1S/C12H16ClFN2O3/c1-3-12(6-14)7(2)9(13)10(19-12)16-5-4-8(17)15-11(16)18/h4-5,7,9-10H,3,6H2,1-2H3,(H,15,17,18)/t7-,9+,10+,12-/m0/s1. The van der Waals surface area contributed by atoms with Crippen molar-refractivity contribution < 1.29 is 9.13 Å². The Morgan fingerprint density at radius 1 is 1.58 bits per heavy atom. The Balaban J connectivity index is 2.42. The fraction of sp³-hybridized carbons (Fsp3) is 0.667. The van der Waals surface area contributed by atoms with Gasteiger partial charge in [0.2, 0.25) is 0 Å². The third kappa shape index (κ3) is 2.23. The SMILES string of the molecule is CC[C@@]1(CF)O[C@@H](n2ccc(=O)[nH]c2=O)[C@H](Cl)[C@@H]1C. The Hall–Kier alpha value is -1.14. The van der Waals surface area contributed by atoms with Crippen molar-refractivity contribution in [2.24, 2.45) is 5.92 Å². The number of aromatic nitrogens is 2. The summed E-state index contributed by atoms with van der Waals surface area (Å²) in [6.45, 7) is 2.96.